The smallest absolute Gasteiger partial charge is 0.338 e. The van der Waals surface area contributed by atoms with Crippen molar-refractivity contribution in [2.45, 2.75) is 11.4 Å². The lowest BCUT2D eigenvalue weighted by Gasteiger charge is -2.26. The van der Waals surface area contributed by atoms with Crippen LogP contribution < -0.4 is 5.32 Å². The van der Waals surface area contributed by atoms with Crippen LogP contribution in [0.1, 0.15) is 15.9 Å². The van der Waals surface area contributed by atoms with Crippen LogP contribution in [0.4, 0.5) is 0 Å². The minimum atomic E-state index is -3.91. The molecule has 3 rings (SSSR count). The molecule has 8 nitrogen and oxygen atoms in total. The molecule has 1 aliphatic rings. The first kappa shape index (κ1) is 24.8. The van der Waals surface area contributed by atoms with E-state index in [-0.39, 0.29) is 48.3 Å². The summed E-state index contributed by atoms with van der Waals surface area (Å²) in [5, 5.41) is 3.41. The molecule has 32 heavy (non-hydrogen) atoms. The Morgan fingerprint density at radius 3 is 2.44 bits per heavy atom. The van der Waals surface area contributed by atoms with Crippen LogP contribution in [0, 0.1) is 0 Å². The summed E-state index contributed by atoms with van der Waals surface area (Å²) in [6, 6.07) is 8.62. The average molecular weight is 522 g/mol. The van der Waals surface area contributed by atoms with Crippen molar-refractivity contribution in [2.24, 2.45) is 0 Å². The predicted octanol–water partition coefficient (Wildman–Crippen LogP) is 3.14. The van der Waals surface area contributed by atoms with Gasteiger partial charge in [0.25, 0.3) is 5.91 Å². The lowest BCUT2D eigenvalue weighted by Crippen LogP contribution is -2.40. The Balaban J connectivity index is 1.61. The fourth-order valence-electron chi connectivity index (χ4n) is 2.88. The first-order chi connectivity index (χ1) is 15.2. The zero-order chi connectivity index (χ0) is 23.3. The van der Waals surface area contributed by atoms with E-state index in [9.17, 15) is 18.0 Å². The number of carbonyl (C=O) groups excluding carboxylic acids is 2. The summed E-state index contributed by atoms with van der Waals surface area (Å²) >= 11 is 18.0. The average Bonchev–Trinajstić information content (AvgIpc) is 2.77. The van der Waals surface area contributed by atoms with Crippen molar-refractivity contribution in [3.8, 4) is 0 Å². The van der Waals surface area contributed by atoms with Gasteiger partial charge in [-0.05, 0) is 35.9 Å². The third-order valence-corrected chi connectivity index (χ3v) is 7.55. The SMILES string of the molecule is O=C(COC(=O)c1ccc(Cl)c(S(=O)(=O)N2CCOCC2)c1)NCc1ccc(Cl)cc1Cl. The van der Waals surface area contributed by atoms with E-state index in [1.165, 1.54) is 16.4 Å². The first-order valence-electron chi connectivity index (χ1n) is 9.43. The highest BCUT2D eigenvalue weighted by atomic mass is 35.5. The summed E-state index contributed by atoms with van der Waals surface area (Å²) in [5.74, 6) is -1.42. The normalized spacial score (nSPS) is 14.7. The molecule has 0 atom stereocenters. The molecule has 0 bridgehead atoms. The predicted molar refractivity (Wildman–Crippen MR) is 120 cm³/mol. The van der Waals surface area contributed by atoms with Gasteiger partial charge in [-0.2, -0.15) is 4.31 Å². The van der Waals surface area contributed by atoms with Gasteiger partial charge >= 0.3 is 5.97 Å². The van der Waals surface area contributed by atoms with E-state index in [1.807, 2.05) is 0 Å². The van der Waals surface area contributed by atoms with Crippen LogP contribution in [0.25, 0.3) is 0 Å². The van der Waals surface area contributed by atoms with E-state index in [4.69, 9.17) is 44.3 Å². The Hall–Kier alpha value is -1.88. The molecule has 1 saturated heterocycles. The number of sulfonamides is 1. The van der Waals surface area contributed by atoms with Gasteiger partial charge in [-0.15, -0.1) is 0 Å². The van der Waals surface area contributed by atoms with Crippen LogP contribution in [0.3, 0.4) is 0 Å². The number of carbonyl (C=O) groups is 2. The van der Waals surface area contributed by atoms with Crippen LogP contribution in [0.5, 0.6) is 0 Å². The minimum absolute atomic E-state index is 0.0226. The molecule has 172 valence electrons. The highest BCUT2D eigenvalue weighted by Gasteiger charge is 2.29. The van der Waals surface area contributed by atoms with E-state index >= 15 is 0 Å². The minimum Gasteiger partial charge on any atom is -0.452 e. The van der Waals surface area contributed by atoms with E-state index in [0.29, 0.717) is 15.6 Å². The quantitative estimate of drug-likeness (QED) is 0.562. The second-order valence-electron chi connectivity index (χ2n) is 6.75. The molecule has 12 heteroatoms. The van der Waals surface area contributed by atoms with Gasteiger partial charge < -0.3 is 14.8 Å². The number of ether oxygens (including phenoxy) is 2. The Kier molecular flexibility index (Phi) is 8.37. The molecule has 0 aromatic heterocycles. The van der Waals surface area contributed by atoms with Gasteiger partial charge in [0.1, 0.15) is 4.90 Å². The van der Waals surface area contributed by atoms with Gasteiger partial charge in [-0.25, -0.2) is 13.2 Å². The summed E-state index contributed by atoms with van der Waals surface area (Å²) < 4.78 is 37.2. The number of benzene rings is 2. The van der Waals surface area contributed by atoms with E-state index in [0.717, 1.165) is 6.07 Å². The summed E-state index contributed by atoms with van der Waals surface area (Å²) in [5.41, 5.74) is 0.598. The number of rotatable bonds is 7. The van der Waals surface area contributed by atoms with Crippen molar-refractivity contribution in [1.29, 1.82) is 0 Å². The summed E-state index contributed by atoms with van der Waals surface area (Å²) in [7, 11) is -3.91. The Morgan fingerprint density at radius 2 is 1.75 bits per heavy atom. The highest BCUT2D eigenvalue weighted by molar-refractivity contribution is 7.89. The fraction of sp³-hybridized carbons (Fsp3) is 0.300. The Morgan fingerprint density at radius 1 is 1.03 bits per heavy atom. The number of halogens is 3. The lowest BCUT2D eigenvalue weighted by molar-refractivity contribution is -0.124. The van der Waals surface area contributed by atoms with E-state index in [1.54, 1.807) is 18.2 Å². The van der Waals surface area contributed by atoms with E-state index in [2.05, 4.69) is 5.32 Å². The van der Waals surface area contributed by atoms with Crippen LogP contribution in [-0.2, 0) is 30.8 Å². The molecule has 1 heterocycles. The molecule has 1 fully saturated rings. The van der Waals surface area contributed by atoms with Crippen molar-refractivity contribution < 1.29 is 27.5 Å². The molecule has 0 aliphatic carbocycles. The van der Waals surface area contributed by atoms with Gasteiger partial charge in [0.15, 0.2) is 6.61 Å². The van der Waals surface area contributed by atoms with Gasteiger partial charge in [0.05, 0.1) is 23.8 Å². The maximum atomic E-state index is 12.9. The Labute approximate surface area is 200 Å². The molecule has 0 radical (unpaired) electrons. The maximum Gasteiger partial charge on any atom is 0.338 e. The van der Waals surface area contributed by atoms with Gasteiger partial charge in [-0.1, -0.05) is 40.9 Å². The third-order valence-electron chi connectivity index (χ3n) is 4.58. The topological polar surface area (TPSA) is 102 Å². The molecule has 2 aromatic carbocycles. The molecule has 0 spiro atoms. The summed E-state index contributed by atoms with van der Waals surface area (Å²) in [6.07, 6.45) is 0. The van der Waals surface area contributed by atoms with Crippen LogP contribution in [0.15, 0.2) is 41.3 Å². The van der Waals surface area contributed by atoms with Crippen LogP contribution >= 0.6 is 34.8 Å². The first-order valence-corrected chi connectivity index (χ1v) is 12.0. The molecule has 0 saturated carbocycles. The zero-order valence-corrected chi connectivity index (χ0v) is 19.7. The van der Waals surface area contributed by atoms with Crippen LogP contribution in [0.2, 0.25) is 15.1 Å². The number of nitrogens with zero attached hydrogens (tertiary/aromatic N) is 1. The number of nitrogens with one attached hydrogen (secondary N) is 1. The lowest BCUT2D eigenvalue weighted by atomic mass is 10.2. The number of esters is 1. The van der Waals surface area contributed by atoms with Crippen molar-refractivity contribution >= 4 is 56.7 Å². The molecule has 0 unspecified atom stereocenters. The molecule has 1 aliphatic heterocycles. The van der Waals surface area contributed by atoms with Crippen molar-refractivity contribution in [1.82, 2.24) is 9.62 Å². The van der Waals surface area contributed by atoms with Gasteiger partial charge in [-0.3, -0.25) is 4.79 Å². The second-order valence-corrected chi connectivity index (χ2v) is 9.91. The number of hydrogen-bond donors (Lipinski definition) is 1. The number of morpholine rings is 1. The standard InChI is InChI=1S/C20H19Cl3N2O6S/c21-15-3-1-14(17(23)10-15)11-24-19(26)12-31-20(27)13-2-4-16(22)18(9-13)32(28,29)25-5-7-30-8-6-25/h1-4,9-10H,5-8,11-12H2,(H,24,26). The number of amides is 1. The molecule has 1 amide bonds. The van der Waals surface area contributed by atoms with Crippen molar-refractivity contribution in [3.63, 3.8) is 0 Å². The molecular formula is C20H19Cl3N2O6S. The molecule has 2 aromatic rings. The van der Waals surface area contributed by atoms with Crippen LogP contribution in [-0.4, -0.2) is 57.5 Å². The molecular weight excluding hydrogens is 503 g/mol. The molecule has 1 N–H and O–H groups in total. The van der Waals surface area contributed by atoms with Gasteiger partial charge in [0.2, 0.25) is 10.0 Å². The second kappa shape index (κ2) is 10.8. The number of hydrogen-bond acceptors (Lipinski definition) is 6. The monoisotopic (exact) mass is 520 g/mol. The van der Waals surface area contributed by atoms with E-state index < -0.39 is 28.5 Å². The Bertz CT molecular complexity index is 1120. The van der Waals surface area contributed by atoms with Crippen molar-refractivity contribution in [2.75, 3.05) is 32.9 Å². The summed E-state index contributed by atoms with van der Waals surface area (Å²) in [6.45, 7) is 0.480. The largest absolute Gasteiger partial charge is 0.452 e. The fourth-order valence-corrected chi connectivity index (χ4v) is 5.26. The zero-order valence-electron chi connectivity index (χ0n) is 16.6. The maximum absolute atomic E-state index is 12.9. The summed E-state index contributed by atoms with van der Waals surface area (Å²) in [4.78, 5) is 24.2. The van der Waals surface area contributed by atoms with Gasteiger partial charge in [0, 0.05) is 29.7 Å². The highest BCUT2D eigenvalue weighted by Crippen LogP contribution is 2.27. The third kappa shape index (κ3) is 6.12. The van der Waals surface area contributed by atoms with Crippen molar-refractivity contribution in [3.05, 3.63) is 62.6 Å².